The fourth-order valence-corrected chi connectivity index (χ4v) is 2.36. The molecule has 0 aliphatic heterocycles. The summed E-state index contributed by atoms with van der Waals surface area (Å²) in [6, 6.07) is 14.2. The van der Waals surface area contributed by atoms with Crippen molar-refractivity contribution in [1.29, 1.82) is 0 Å². The minimum atomic E-state index is -0.715. The van der Waals surface area contributed by atoms with Crippen molar-refractivity contribution in [2.24, 2.45) is 0 Å². The summed E-state index contributed by atoms with van der Waals surface area (Å²) in [5.74, 6) is -1.60. The van der Waals surface area contributed by atoms with E-state index in [4.69, 9.17) is 0 Å². The van der Waals surface area contributed by atoms with Gasteiger partial charge in [0.25, 0.3) is 5.91 Å². The molecule has 0 bridgehead atoms. The summed E-state index contributed by atoms with van der Waals surface area (Å²) >= 11 is 3.31. The summed E-state index contributed by atoms with van der Waals surface area (Å²) in [6.07, 6.45) is 0.520. The molecule has 3 N–H and O–H groups in total. The zero-order valence-electron chi connectivity index (χ0n) is 14.3. The monoisotopic (exact) mass is 417 g/mol. The highest BCUT2D eigenvalue weighted by molar-refractivity contribution is 9.10. The lowest BCUT2D eigenvalue weighted by atomic mass is 10.2. The Kier molecular flexibility index (Phi) is 7.35. The van der Waals surface area contributed by atoms with E-state index in [9.17, 15) is 14.4 Å². The summed E-state index contributed by atoms with van der Waals surface area (Å²) in [7, 11) is 0. The van der Waals surface area contributed by atoms with Gasteiger partial charge >= 0.3 is 11.8 Å². The van der Waals surface area contributed by atoms with Gasteiger partial charge in [0.1, 0.15) is 0 Å². The van der Waals surface area contributed by atoms with Crippen LogP contribution in [0.3, 0.4) is 0 Å². The van der Waals surface area contributed by atoms with Gasteiger partial charge < -0.3 is 16.0 Å². The molecule has 0 heterocycles. The number of nitrogens with one attached hydrogen (secondary N) is 3. The molecule has 0 spiro atoms. The van der Waals surface area contributed by atoms with Gasteiger partial charge in [0.05, 0.1) is 0 Å². The molecule has 0 aromatic heterocycles. The Morgan fingerprint density at radius 2 is 1.46 bits per heavy atom. The zero-order valence-corrected chi connectivity index (χ0v) is 15.9. The van der Waals surface area contributed by atoms with E-state index in [2.05, 4.69) is 31.9 Å². The van der Waals surface area contributed by atoms with E-state index < -0.39 is 11.8 Å². The minimum absolute atomic E-state index is 0.180. The molecular formula is C19H20BrN3O3. The van der Waals surface area contributed by atoms with Crippen molar-refractivity contribution in [1.82, 2.24) is 10.6 Å². The van der Waals surface area contributed by atoms with E-state index >= 15 is 0 Å². The Bertz CT molecular complexity index is 774. The van der Waals surface area contributed by atoms with Crippen molar-refractivity contribution < 1.29 is 14.4 Å². The summed E-state index contributed by atoms with van der Waals surface area (Å²) < 4.78 is 0.903. The first-order valence-electron chi connectivity index (χ1n) is 8.15. The van der Waals surface area contributed by atoms with Crippen LogP contribution in [0, 0.1) is 6.92 Å². The van der Waals surface area contributed by atoms with Gasteiger partial charge in [-0.2, -0.15) is 0 Å². The van der Waals surface area contributed by atoms with E-state index in [1.165, 1.54) is 0 Å². The number of halogens is 1. The SMILES string of the molecule is Cc1ccc(NC(=O)C(=O)NCCCNC(=O)c2ccc(Br)cc2)cc1. The molecule has 0 saturated heterocycles. The third kappa shape index (κ3) is 6.33. The maximum Gasteiger partial charge on any atom is 0.313 e. The molecule has 2 rings (SSSR count). The lowest BCUT2D eigenvalue weighted by Crippen LogP contribution is -2.37. The second-order valence-corrected chi connectivity index (χ2v) is 6.61. The van der Waals surface area contributed by atoms with Gasteiger partial charge in [-0.15, -0.1) is 0 Å². The highest BCUT2D eigenvalue weighted by atomic mass is 79.9. The number of anilines is 1. The van der Waals surface area contributed by atoms with Crippen LogP contribution in [-0.4, -0.2) is 30.8 Å². The molecule has 136 valence electrons. The highest BCUT2D eigenvalue weighted by Crippen LogP contribution is 2.10. The van der Waals surface area contributed by atoms with Crippen molar-refractivity contribution >= 4 is 39.3 Å². The van der Waals surface area contributed by atoms with Crippen molar-refractivity contribution in [2.75, 3.05) is 18.4 Å². The molecule has 0 unspecified atom stereocenters. The van der Waals surface area contributed by atoms with E-state index in [0.29, 0.717) is 30.8 Å². The Labute approximate surface area is 160 Å². The Hall–Kier alpha value is -2.67. The molecule has 0 aliphatic carbocycles. The van der Waals surface area contributed by atoms with Crippen LogP contribution < -0.4 is 16.0 Å². The molecule has 2 aromatic carbocycles. The molecule has 0 atom stereocenters. The van der Waals surface area contributed by atoms with Crippen LogP contribution in [-0.2, 0) is 9.59 Å². The largest absolute Gasteiger partial charge is 0.352 e. The lowest BCUT2D eigenvalue weighted by molar-refractivity contribution is -0.136. The van der Waals surface area contributed by atoms with Gasteiger partial charge in [0, 0.05) is 28.8 Å². The predicted octanol–water partition coefficient (Wildman–Crippen LogP) is 2.63. The molecule has 6 nitrogen and oxygen atoms in total. The van der Waals surface area contributed by atoms with Crippen LogP contribution in [0.1, 0.15) is 22.3 Å². The molecule has 7 heteroatoms. The molecule has 0 radical (unpaired) electrons. The summed E-state index contributed by atoms with van der Waals surface area (Å²) in [4.78, 5) is 35.4. The van der Waals surface area contributed by atoms with E-state index in [0.717, 1.165) is 10.0 Å². The molecule has 3 amide bonds. The van der Waals surface area contributed by atoms with Crippen LogP contribution in [0.25, 0.3) is 0 Å². The van der Waals surface area contributed by atoms with Crippen molar-refractivity contribution in [3.05, 3.63) is 64.1 Å². The van der Waals surface area contributed by atoms with Gasteiger partial charge in [-0.3, -0.25) is 14.4 Å². The highest BCUT2D eigenvalue weighted by Gasteiger charge is 2.12. The van der Waals surface area contributed by atoms with E-state index in [1.54, 1.807) is 36.4 Å². The fourth-order valence-electron chi connectivity index (χ4n) is 2.10. The molecular weight excluding hydrogens is 398 g/mol. The average molecular weight is 418 g/mol. The van der Waals surface area contributed by atoms with Crippen molar-refractivity contribution in [2.45, 2.75) is 13.3 Å². The van der Waals surface area contributed by atoms with Crippen molar-refractivity contribution in [3.8, 4) is 0 Å². The maximum atomic E-state index is 11.9. The maximum absolute atomic E-state index is 11.9. The third-order valence-electron chi connectivity index (χ3n) is 3.55. The molecule has 26 heavy (non-hydrogen) atoms. The Morgan fingerprint density at radius 3 is 2.12 bits per heavy atom. The summed E-state index contributed by atoms with van der Waals surface area (Å²) in [5, 5.41) is 7.82. The average Bonchev–Trinajstić information content (AvgIpc) is 2.63. The smallest absolute Gasteiger partial charge is 0.313 e. The molecule has 0 saturated carbocycles. The van der Waals surface area contributed by atoms with Crippen LogP contribution >= 0.6 is 15.9 Å². The number of rotatable bonds is 6. The van der Waals surface area contributed by atoms with Gasteiger partial charge in [0.15, 0.2) is 0 Å². The number of carbonyl (C=O) groups excluding carboxylic acids is 3. The molecule has 2 aromatic rings. The zero-order chi connectivity index (χ0) is 18.9. The quantitative estimate of drug-likeness (QED) is 0.498. The number of carbonyl (C=O) groups is 3. The van der Waals surface area contributed by atoms with E-state index in [-0.39, 0.29) is 5.91 Å². The first-order chi connectivity index (χ1) is 12.5. The molecule has 0 fully saturated rings. The first kappa shape index (κ1) is 19.7. The number of hydrogen-bond acceptors (Lipinski definition) is 3. The Morgan fingerprint density at radius 1 is 0.846 bits per heavy atom. The van der Waals surface area contributed by atoms with Crippen LogP contribution in [0.5, 0.6) is 0 Å². The second kappa shape index (κ2) is 9.72. The predicted molar refractivity (Wildman–Crippen MR) is 104 cm³/mol. The Balaban J connectivity index is 1.64. The van der Waals surface area contributed by atoms with Crippen LogP contribution in [0.2, 0.25) is 0 Å². The van der Waals surface area contributed by atoms with Crippen molar-refractivity contribution in [3.63, 3.8) is 0 Å². The van der Waals surface area contributed by atoms with Gasteiger partial charge in [0.2, 0.25) is 0 Å². The third-order valence-corrected chi connectivity index (χ3v) is 4.08. The van der Waals surface area contributed by atoms with Gasteiger partial charge in [-0.05, 0) is 49.7 Å². The summed E-state index contributed by atoms with van der Waals surface area (Å²) in [5.41, 5.74) is 2.20. The molecule has 0 aliphatic rings. The standard InChI is InChI=1S/C19H20BrN3O3/c1-13-3-9-16(10-4-13)23-19(26)18(25)22-12-2-11-21-17(24)14-5-7-15(20)8-6-14/h3-10H,2,11-12H2,1H3,(H,21,24)(H,22,25)(H,23,26). The summed E-state index contributed by atoms with van der Waals surface area (Å²) in [6.45, 7) is 2.63. The fraction of sp³-hybridized carbons (Fsp3) is 0.211. The minimum Gasteiger partial charge on any atom is -0.352 e. The topological polar surface area (TPSA) is 87.3 Å². The number of amides is 3. The second-order valence-electron chi connectivity index (χ2n) is 5.69. The van der Waals surface area contributed by atoms with Crippen LogP contribution in [0.4, 0.5) is 5.69 Å². The van der Waals surface area contributed by atoms with Gasteiger partial charge in [-0.1, -0.05) is 33.6 Å². The number of hydrogen-bond donors (Lipinski definition) is 3. The van der Waals surface area contributed by atoms with Crippen LogP contribution in [0.15, 0.2) is 53.0 Å². The normalized spacial score (nSPS) is 10.1. The number of benzene rings is 2. The first-order valence-corrected chi connectivity index (χ1v) is 8.94. The van der Waals surface area contributed by atoms with E-state index in [1.807, 2.05) is 19.1 Å². The van der Waals surface area contributed by atoms with Gasteiger partial charge in [-0.25, -0.2) is 0 Å². The lowest BCUT2D eigenvalue weighted by Gasteiger charge is -2.08. The number of aryl methyl sites for hydroxylation is 1.